The second-order valence-electron chi connectivity index (χ2n) is 7.73. The molecule has 5 nitrogen and oxygen atoms in total. The Morgan fingerprint density at radius 3 is 2.89 bits per heavy atom. The summed E-state index contributed by atoms with van der Waals surface area (Å²) in [4.78, 5) is 24.4. The number of anilines is 2. The van der Waals surface area contributed by atoms with Crippen molar-refractivity contribution in [1.82, 2.24) is 14.9 Å². The lowest BCUT2D eigenvalue weighted by molar-refractivity contribution is -0.106. The molecule has 0 saturated carbocycles. The molecular weight excluding hydrogens is 348 g/mol. The van der Waals surface area contributed by atoms with Crippen LogP contribution >= 0.6 is 0 Å². The second kappa shape index (κ2) is 6.91. The number of rotatable bonds is 4. The summed E-state index contributed by atoms with van der Waals surface area (Å²) in [6.45, 7) is 4.36. The summed E-state index contributed by atoms with van der Waals surface area (Å²) < 4.78 is 0. The summed E-state index contributed by atoms with van der Waals surface area (Å²) in [5, 5.41) is 0. The van der Waals surface area contributed by atoms with E-state index >= 15 is 0 Å². The number of pyridine rings is 1. The predicted octanol–water partition coefficient (Wildman–Crippen LogP) is 4.42. The van der Waals surface area contributed by atoms with Crippen LogP contribution in [0.4, 0.5) is 11.5 Å². The maximum absolute atomic E-state index is 11.8. The minimum absolute atomic E-state index is 0.646. The van der Waals surface area contributed by atoms with Crippen molar-refractivity contribution in [2.24, 2.45) is 0 Å². The Bertz CT molecular complexity index is 1050. The zero-order chi connectivity index (χ0) is 19.1. The van der Waals surface area contributed by atoms with Crippen molar-refractivity contribution in [2.45, 2.75) is 32.2 Å². The van der Waals surface area contributed by atoms with Gasteiger partial charge in [-0.05, 0) is 62.6 Å². The highest BCUT2D eigenvalue weighted by atomic mass is 16.1. The van der Waals surface area contributed by atoms with E-state index in [0.717, 1.165) is 41.8 Å². The van der Waals surface area contributed by atoms with Crippen molar-refractivity contribution in [3.8, 4) is 0 Å². The summed E-state index contributed by atoms with van der Waals surface area (Å²) in [6.07, 6.45) is 6.85. The number of para-hydroxylation sites is 1. The molecule has 4 heterocycles. The first-order valence-electron chi connectivity index (χ1n) is 9.97. The standard InChI is InChI=1S/C23H24N4O/c1-16-22(17-11-13-26-12-5-8-19(26)14-17)23-20(24-16)9-10-21(25-23)27(15-28)18-6-3-2-4-7-18/h2-4,6-7,9-11,15,19,24H,5,8,12-14H2,1H3. The maximum atomic E-state index is 11.8. The lowest BCUT2D eigenvalue weighted by Gasteiger charge is -2.29. The molecule has 2 aliphatic rings. The van der Waals surface area contributed by atoms with Crippen molar-refractivity contribution >= 4 is 34.5 Å². The number of H-pyrrole nitrogens is 1. The van der Waals surface area contributed by atoms with E-state index in [9.17, 15) is 4.79 Å². The van der Waals surface area contributed by atoms with Crippen molar-refractivity contribution in [1.29, 1.82) is 0 Å². The van der Waals surface area contributed by atoms with Gasteiger partial charge in [0.25, 0.3) is 0 Å². The van der Waals surface area contributed by atoms with Crippen LogP contribution in [0.2, 0.25) is 0 Å². The monoisotopic (exact) mass is 372 g/mol. The highest BCUT2D eigenvalue weighted by molar-refractivity contribution is 5.94. The first-order valence-corrected chi connectivity index (χ1v) is 9.97. The Morgan fingerprint density at radius 2 is 2.07 bits per heavy atom. The zero-order valence-electron chi connectivity index (χ0n) is 16.1. The molecule has 1 amide bonds. The Morgan fingerprint density at radius 1 is 1.21 bits per heavy atom. The van der Waals surface area contributed by atoms with Gasteiger partial charge >= 0.3 is 0 Å². The van der Waals surface area contributed by atoms with E-state index < -0.39 is 0 Å². The number of carbonyl (C=O) groups is 1. The van der Waals surface area contributed by atoms with Gasteiger partial charge in [-0.15, -0.1) is 0 Å². The van der Waals surface area contributed by atoms with Gasteiger partial charge in [-0.25, -0.2) is 4.98 Å². The van der Waals surface area contributed by atoms with Crippen molar-refractivity contribution < 1.29 is 4.79 Å². The van der Waals surface area contributed by atoms with Crippen LogP contribution in [0.5, 0.6) is 0 Å². The third-order valence-electron chi connectivity index (χ3n) is 6.05. The highest BCUT2D eigenvalue weighted by Gasteiger charge is 2.29. The van der Waals surface area contributed by atoms with Gasteiger partial charge in [-0.3, -0.25) is 14.6 Å². The number of hydrogen-bond donors (Lipinski definition) is 1. The molecule has 1 aromatic carbocycles. The summed E-state index contributed by atoms with van der Waals surface area (Å²) in [6, 6.07) is 14.2. The van der Waals surface area contributed by atoms with Gasteiger partial charge < -0.3 is 4.98 Å². The Labute approximate surface area is 164 Å². The molecule has 0 aliphatic carbocycles. The Hall–Kier alpha value is -2.92. The molecule has 1 atom stereocenters. The number of hydrogen-bond acceptors (Lipinski definition) is 3. The minimum atomic E-state index is 0.646. The minimum Gasteiger partial charge on any atom is -0.357 e. The summed E-state index contributed by atoms with van der Waals surface area (Å²) >= 11 is 0. The molecule has 1 fully saturated rings. The molecule has 28 heavy (non-hydrogen) atoms. The van der Waals surface area contributed by atoms with Gasteiger partial charge in [0.2, 0.25) is 6.41 Å². The SMILES string of the molecule is Cc1[nH]c2ccc(N(C=O)c3ccccc3)nc2c1C1=CCN2CCCC2C1. The zero-order valence-corrected chi connectivity index (χ0v) is 16.1. The van der Waals surface area contributed by atoms with Gasteiger partial charge in [-0.1, -0.05) is 24.3 Å². The van der Waals surface area contributed by atoms with E-state index in [1.165, 1.54) is 30.5 Å². The van der Waals surface area contributed by atoms with Crippen molar-refractivity contribution in [3.05, 3.63) is 59.8 Å². The summed E-state index contributed by atoms with van der Waals surface area (Å²) in [5.74, 6) is 0.646. The Balaban J connectivity index is 1.58. The molecule has 2 aromatic heterocycles. The van der Waals surface area contributed by atoms with E-state index in [0.29, 0.717) is 11.9 Å². The average molecular weight is 372 g/mol. The number of fused-ring (bicyclic) bond motifs is 2. The molecule has 0 spiro atoms. The number of aryl methyl sites for hydroxylation is 1. The molecule has 1 N–H and O–H groups in total. The van der Waals surface area contributed by atoms with E-state index in [4.69, 9.17) is 4.98 Å². The summed E-state index contributed by atoms with van der Waals surface area (Å²) in [7, 11) is 0. The third kappa shape index (κ3) is 2.83. The van der Waals surface area contributed by atoms with E-state index in [-0.39, 0.29) is 0 Å². The van der Waals surface area contributed by atoms with Crippen LogP contribution in [0.15, 0.2) is 48.5 Å². The van der Waals surface area contributed by atoms with Crippen LogP contribution in [0.1, 0.15) is 30.5 Å². The van der Waals surface area contributed by atoms with Gasteiger partial charge in [0.1, 0.15) is 5.82 Å². The Kier molecular flexibility index (Phi) is 4.24. The van der Waals surface area contributed by atoms with Crippen molar-refractivity contribution in [2.75, 3.05) is 18.0 Å². The lowest BCUT2D eigenvalue weighted by atomic mass is 9.93. The molecule has 0 radical (unpaired) electrons. The van der Waals surface area contributed by atoms with Crippen LogP contribution in [-0.2, 0) is 4.79 Å². The van der Waals surface area contributed by atoms with Gasteiger partial charge in [0, 0.05) is 23.8 Å². The molecule has 5 rings (SSSR count). The predicted molar refractivity (Wildman–Crippen MR) is 113 cm³/mol. The average Bonchev–Trinajstić information content (AvgIpc) is 3.32. The largest absolute Gasteiger partial charge is 0.357 e. The number of aromatic amines is 1. The van der Waals surface area contributed by atoms with Crippen LogP contribution < -0.4 is 4.90 Å². The normalized spacial score (nSPS) is 19.5. The van der Waals surface area contributed by atoms with Gasteiger partial charge in [-0.2, -0.15) is 0 Å². The number of aromatic nitrogens is 2. The molecule has 3 aromatic rings. The molecule has 1 unspecified atom stereocenters. The molecule has 142 valence electrons. The van der Waals surface area contributed by atoms with Crippen LogP contribution in [-0.4, -0.2) is 40.4 Å². The molecule has 0 bridgehead atoms. The fourth-order valence-electron chi connectivity index (χ4n) is 4.68. The van der Waals surface area contributed by atoms with E-state index in [1.54, 1.807) is 4.90 Å². The number of carbonyl (C=O) groups excluding carboxylic acids is 1. The summed E-state index contributed by atoms with van der Waals surface area (Å²) in [5.41, 5.74) is 6.53. The van der Waals surface area contributed by atoms with Gasteiger partial charge in [0.05, 0.1) is 16.7 Å². The third-order valence-corrected chi connectivity index (χ3v) is 6.05. The lowest BCUT2D eigenvalue weighted by Crippen LogP contribution is -2.32. The number of benzene rings is 1. The quantitative estimate of drug-likeness (QED) is 0.690. The molecule has 5 heteroatoms. The molecular formula is C23H24N4O. The molecule has 1 saturated heterocycles. The first kappa shape index (κ1) is 17.2. The van der Waals surface area contributed by atoms with E-state index in [1.807, 2.05) is 42.5 Å². The highest BCUT2D eigenvalue weighted by Crippen LogP contribution is 2.37. The van der Waals surface area contributed by atoms with Crippen LogP contribution in [0.25, 0.3) is 16.6 Å². The number of amides is 1. The second-order valence-corrected chi connectivity index (χ2v) is 7.73. The fraction of sp³-hybridized carbons (Fsp3) is 0.304. The fourth-order valence-corrected chi connectivity index (χ4v) is 4.68. The maximum Gasteiger partial charge on any atom is 0.219 e. The number of nitrogens with one attached hydrogen (secondary N) is 1. The van der Waals surface area contributed by atoms with Crippen molar-refractivity contribution in [3.63, 3.8) is 0 Å². The van der Waals surface area contributed by atoms with Crippen LogP contribution in [0.3, 0.4) is 0 Å². The first-order chi connectivity index (χ1) is 13.7. The smallest absolute Gasteiger partial charge is 0.219 e. The van der Waals surface area contributed by atoms with E-state index in [2.05, 4.69) is 22.9 Å². The van der Waals surface area contributed by atoms with Crippen LogP contribution in [0, 0.1) is 6.92 Å². The number of nitrogens with zero attached hydrogens (tertiary/aromatic N) is 3. The van der Waals surface area contributed by atoms with Gasteiger partial charge in [0.15, 0.2) is 0 Å². The molecule has 2 aliphatic heterocycles. The topological polar surface area (TPSA) is 52.2 Å².